The summed E-state index contributed by atoms with van der Waals surface area (Å²) in [6.45, 7) is 1.97. The van der Waals surface area contributed by atoms with Gasteiger partial charge in [-0.3, -0.25) is 0 Å². The minimum Gasteiger partial charge on any atom is -0.126 e. The van der Waals surface area contributed by atoms with Gasteiger partial charge in [-0.15, -0.1) is 22.9 Å². The maximum atomic E-state index is 6.39. The van der Waals surface area contributed by atoms with Crippen molar-refractivity contribution in [2.24, 2.45) is 0 Å². The SMILES string of the molecule is Cc1cc(C(Cl)c2ccccc2Cl)sc1Cl. The first kappa shape index (κ1) is 12.3. The summed E-state index contributed by atoms with van der Waals surface area (Å²) in [6, 6.07) is 9.60. The van der Waals surface area contributed by atoms with E-state index in [9.17, 15) is 0 Å². The molecule has 0 aliphatic rings. The number of thiophene rings is 1. The molecule has 1 aromatic heterocycles. The molecule has 0 aliphatic carbocycles. The van der Waals surface area contributed by atoms with Crippen molar-refractivity contribution in [3.05, 3.63) is 55.7 Å². The molecule has 0 saturated heterocycles. The van der Waals surface area contributed by atoms with Crippen LogP contribution < -0.4 is 0 Å². The molecular weight excluding hydrogens is 283 g/mol. The Kier molecular flexibility index (Phi) is 3.81. The van der Waals surface area contributed by atoms with Crippen LogP contribution in [0.1, 0.15) is 21.4 Å². The highest BCUT2D eigenvalue weighted by Crippen LogP contribution is 2.39. The van der Waals surface area contributed by atoms with Crippen LogP contribution in [0.3, 0.4) is 0 Å². The molecule has 84 valence electrons. The third-order valence-electron chi connectivity index (χ3n) is 2.30. The van der Waals surface area contributed by atoms with Crippen molar-refractivity contribution in [3.8, 4) is 0 Å². The van der Waals surface area contributed by atoms with E-state index in [0.717, 1.165) is 20.3 Å². The van der Waals surface area contributed by atoms with Gasteiger partial charge in [0.25, 0.3) is 0 Å². The second-order valence-electron chi connectivity index (χ2n) is 3.49. The molecule has 1 atom stereocenters. The highest BCUT2D eigenvalue weighted by molar-refractivity contribution is 7.16. The van der Waals surface area contributed by atoms with Gasteiger partial charge >= 0.3 is 0 Å². The Hall–Kier alpha value is -0.210. The van der Waals surface area contributed by atoms with Crippen LogP contribution in [0, 0.1) is 6.92 Å². The van der Waals surface area contributed by atoms with E-state index in [1.165, 1.54) is 11.3 Å². The van der Waals surface area contributed by atoms with Gasteiger partial charge in [0.2, 0.25) is 0 Å². The summed E-state index contributed by atoms with van der Waals surface area (Å²) < 4.78 is 0.785. The van der Waals surface area contributed by atoms with Crippen molar-refractivity contribution >= 4 is 46.1 Å². The zero-order valence-electron chi connectivity index (χ0n) is 8.51. The number of benzene rings is 1. The molecule has 0 saturated carbocycles. The summed E-state index contributed by atoms with van der Waals surface area (Å²) in [5, 5.41) is 0.453. The van der Waals surface area contributed by atoms with Gasteiger partial charge in [-0.2, -0.15) is 0 Å². The maximum Gasteiger partial charge on any atom is 0.0960 e. The van der Waals surface area contributed by atoms with E-state index in [0.29, 0.717) is 5.02 Å². The van der Waals surface area contributed by atoms with Crippen molar-refractivity contribution < 1.29 is 0 Å². The minimum atomic E-state index is -0.232. The van der Waals surface area contributed by atoms with Crippen LogP contribution in [-0.4, -0.2) is 0 Å². The van der Waals surface area contributed by atoms with Crippen molar-refractivity contribution in [3.63, 3.8) is 0 Å². The lowest BCUT2D eigenvalue weighted by Crippen LogP contribution is -1.90. The third-order valence-corrected chi connectivity index (χ3v) is 4.87. The second kappa shape index (κ2) is 4.97. The molecule has 0 fully saturated rings. The quantitative estimate of drug-likeness (QED) is 0.623. The Labute approximate surface area is 114 Å². The molecular formula is C12H9Cl3S. The van der Waals surface area contributed by atoms with E-state index < -0.39 is 0 Å². The number of hydrogen-bond acceptors (Lipinski definition) is 1. The van der Waals surface area contributed by atoms with Crippen molar-refractivity contribution in [2.75, 3.05) is 0 Å². The van der Waals surface area contributed by atoms with Gasteiger partial charge in [0.15, 0.2) is 0 Å². The predicted octanol–water partition coefficient (Wildman–Crippen LogP) is 5.69. The summed E-state index contributed by atoms with van der Waals surface area (Å²) >= 11 is 20.0. The lowest BCUT2D eigenvalue weighted by molar-refractivity contribution is 1.18. The van der Waals surface area contributed by atoms with E-state index in [4.69, 9.17) is 34.8 Å². The van der Waals surface area contributed by atoms with E-state index in [2.05, 4.69) is 0 Å². The Morgan fingerprint density at radius 3 is 2.44 bits per heavy atom. The summed E-state index contributed by atoms with van der Waals surface area (Å²) in [7, 11) is 0. The molecule has 4 heteroatoms. The molecule has 1 heterocycles. The summed E-state index contributed by atoms with van der Waals surface area (Å²) in [5.41, 5.74) is 1.98. The average molecular weight is 292 g/mol. The predicted molar refractivity (Wildman–Crippen MR) is 73.2 cm³/mol. The fraction of sp³-hybridized carbons (Fsp3) is 0.167. The molecule has 0 bridgehead atoms. The van der Waals surface area contributed by atoms with Crippen LogP contribution in [0.5, 0.6) is 0 Å². The average Bonchev–Trinajstić information content (AvgIpc) is 2.59. The first-order valence-corrected chi connectivity index (χ1v) is 6.75. The first-order valence-electron chi connectivity index (χ1n) is 4.74. The fourth-order valence-corrected chi connectivity index (χ4v) is 3.34. The zero-order chi connectivity index (χ0) is 11.7. The minimum absolute atomic E-state index is 0.232. The van der Waals surface area contributed by atoms with Gasteiger partial charge in [0, 0.05) is 9.90 Å². The summed E-state index contributed by atoms with van der Waals surface area (Å²) in [5.74, 6) is 0. The largest absolute Gasteiger partial charge is 0.126 e. The van der Waals surface area contributed by atoms with Crippen molar-refractivity contribution in [1.29, 1.82) is 0 Å². The standard InChI is InChI=1S/C12H9Cl3S/c1-7-6-10(16-12(7)15)11(14)8-4-2-3-5-9(8)13/h2-6,11H,1H3. The molecule has 0 N–H and O–H groups in total. The van der Waals surface area contributed by atoms with Gasteiger partial charge in [-0.05, 0) is 30.2 Å². The molecule has 1 aromatic carbocycles. The van der Waals surface area contributed by atoms with E-state index in [1.54, 1.807) is 0 Å². The number of aryl methyl sites for hydroxylation is 1. The second-order valence-corrected chi connectivity index (χ2v) is 6.02. The van der Waals surface area contributed by atoms with Crippen molar-refractivity contribution in [1.82, 2.24) is 0 Å². The van der Waals surface area contributed by atoms with Crippen LogP contribution in [0.4, 0.5) is 0 Å². The smallest absolute Gasteiger partial charge is 0.0960 e. The van der Waals surface area contributed by atoms with Gasteiger partial charge in [0.1, 0.15) is 0 Å². The molecule has 16 heavy (non-hydrogen) atoms. The normalized spacial score (nSPS) is 12.8. The number of rotatable bonds is 2. The van der Waals surface area contributed by atoms with Crippen molar-refractivity contribution in [2.45, 2.75) is 12.3 Å². The molecule has 0 radical (unpaired) electrons. The van der Waals surface area contributed by atoms with Crippen LogP contribution in [0.15, 0.2) is 30.3 Å². The lowest BCUT2D eigenvalue weighted by Gasteiger charge is -2.09. The van der Waals surface area contributed by atoms with Crippen LogP contribution in [0.2, 0.25) is 9.36 Å². The van der Waals surface area contributed by atoms with E-state index in [-0.39, 0.29) is 5.38 Å². The Bertz CT molecular complexity index is 485. The van der Waals surface area contributed by atoms with E-state index in [1.807, 2.05) is 37.3 Å². The molecule has 1 unspecified atom stereocenters. The van der Waals surface area contributed by atoms with Crippen LogP contribution in [0.25, 0.3) is 0 Å². The van der Waals surface area contributed by atoms with Gasteiger partial charge < -0.3 is 0 Å². The molecule has 0 spiro atoms. The number of halogens is 3. The molecule has 0 nitrogen and oxygen atoms in total. The van der Waals surface area contributed by atoms with E-state index >= 15 is 0 Å². The molecule has 0 amide bonds. The lowest BCUT2D eigenvalue weighted by atomic mass is 10.1. The maximum absolute atomic E-state index is 6.39. The van der Waals surface area contributed by atoms with Crippen LogP contribution >= 0.6 is 46.1 Å². The summed E-state index contributed by atoms with van der Waals surface area (Å²) in [6.07, 6.45) is 0. The fourth-order valence-electron chi connectivity index (χ4n) is 1.44. The molecule has 0 aliphatic heterocycles. The Morgan fingerprint density at radius 2 is 1.88 bits per heavy atom. The molecule has 2 aromatic rings. The Balaban J connectivity index is 2.39. The van der Waals surface area contributed by atoms with Gasteiger partial charge in [-0.1, -0.05) is 41.4 Å². The highest BCUT2D eigenvalue weighted by atomic mass is 35.5. The Morgan fingerprint density at radius 1 is 1.19 bits per heavy atom. The first-order chi connectivity index (χ1) is 7.59. The third kappa shape index (κ3) is 2.38. The number of alkyl halides is 1. The highest BCUT2D eigenvalue weighted by Gasteiger charge is 2.16. The van der Waals surface area contributed by atoms with Crippen LogP contribution in [-0.2, 0) is 0 Å². The monoisotopic (exact) mass is 290 g/mol. The zero-order valence-corrected chi connectivity index (χ0v) is 11.6. The van der Waals surface area contributed by atoms with Gasteiger partial charge in [0.05, 0.1) is 9.71 Å². The summed E-state index contributed by atoms with van der Waals surface area (Å²) in [4.78, 5) is 1.03. The topological polar surface area (TPSA) is 0 Å². The van der Waals surface area contributed by atoms with Gasteiger partial charge in [-0.25, -0.2) is 0 Å². The number of hydrogen-bond donors (Lipinski definition) is 0. The molecule has 2 rings (SSSR count).